The largest absolute Gasteiger partial charge is 0.322 e. The lowest BCUT2D eigenvalue weighted by Crippen LogP contribution is -2.34. The summed E-state index contributed by atoms with van der Waals surface area (Å²) in [6.45, 7) is 5.40. The summed E-state index contributed by atoms with van der Waals surface area (Å²) in [5, 5.41) is 2.95. The van der Waals surface area contributed by atoms with E-state index in [9.17, 15) is 4.79 Å². The summed E-state index contributed by atoms with van der Waals surface area (Å²) < 4.78 is 0. The summed E-state index contributed by atoms with van der Waals surface area (Å²) in [5.41, 5.74) is 3.24. The molecule has 1 N–H and O–H groups in total. The second-order valence-corrected chi connectivity index (χ2v) is 4.98. The normalized spacial score (nSPS) is 10.2. The van der Waals surface area contributed by atoms with Crippen LogP contribution in [0, 0.1) is 0 Å². The summed E-state index contributed by atoms with van der Waals surface area (Å²) in [6, 6.07) is 18.0. The number of benzene rings is 2. The highest BCUT2D eigenvalue weighted by atomic mass is 16.2. The number of nitrogens with zero attached hydrogens (tertiary/aromatic N) is 1. The highest BCUT2D eigenvalue weighted by Gasteiger charge is 2.12. The molecule has 2 amide bonds. The van der Waals surface area contributed by atoms with Crippen LogP contribution in [0.15, 0.2) is 54.6 Å². The molecule has 0 aliphatic rings. The van der Waals surface area contributed by atoms with Crippen molar-refractivity contribution in [2.45, 2.75) is 26.8 Å². The van der Waals surface area contributed by atoms with Crippen molar-refractivity contribution in [3.05, 3.63) is 65.7 Å². The Morgan fingerprint density at radius 2 is 1.62 bits per heavy atom. The van der Waals surface area contributed by atoms with Gasteiger partial charge in [-0.25, -0.2) is 4.79 Å². The molecule has 2 aromatic carbocycles. The quantitative estimate of drug-likeness (QED) is 0.871. The van der Waals surface area contributed by atoms with Crippen LogP contribution in [0.2, 0.25) is 0 Å². The molecule has 0 aliphatic heterocycles. The van der Waals surface area contributed by atoms with Gasteiger partial charge in [0, 0.05) is 18.8 Å². The van der Waals surface area contributed by atoms with E-state index in [-0.39, 0.29) is 6.03 Å². The molecule has 2 rings (SSSR count). The Balaban J connectivity index is 1.99. The van der Waals surface area contributed by atoms with E-state index in [4.69, 9.17) is 0 Å². The SMILES string of the molecule is CCc1ccc(NC(=O)N(CC)Cc2ccccc2)cc1. The Morgan fingerprint density at radius 1 is 0.952 bits per heavy atom. The van der Waals surface area contributed by atoms with Crippen LogP contribution < -0.4 is 5.32 Å². The maximum atomic E-state index is 12.3. The van der Waals surface area contributed by atoms with E-state index in [1.165, 1.54) is 5.56 Å². The summed E-state index contributed by atoms with van der Waals surface area (Å²) in [6.07, 6.45) is 1.00. The third kappa shape index (κ3) is 4.35. The van der Waals surface area contributed by atoms with Crippen molar-refractivity contribution in [1.29, 1.82) is 0 Å². The summed E-state index contributed by atoms with van der Waals surface area (Å²) >= 11 is 0. The number of anilines is 1. The van der Waals surface area contributed by atoms with Crippen molar-refractivity contribution in [2.75, 3.05) is 11.9 Å². The number of urea groups is 1. The number of hydrogen-bond acceptors (Lipinski definition) is 1. The predicted molar refractivity (Wildman–Crippen MR) is 87.4 cm³/mol. The summed E-state index contributed by atoms with van der Waals surface area (Å²) in [7, 11) is 0. The maximum absolute atomic E-state index is 12.3. The van der Waals surface area contributed by atoms with Gasteiger partial charge in [0.15, 0.2) is 0 Å². The van der Waals surface area contributed by atoms with Crippen LogP contribution in [-0.4, -0.2) is 17.5 Å². The Hall–Kier alpha value is -2.29. The van der Waals surface area contributed by atoms with Gasteiger partial charge in [-0.3, -0.25) is 0 Å². The van der Waals surface area contributed by atoms with Crippen LogP contribution in [0.5, 0.6) is 0 Å². The molecule has 0 atom stereocenters. The van der Waals surface area contributed by atoms with Gasteiger partial charge in [0.2, 0.25) is 0 Å². The zero-order valence-electron chi connectivity index (χ0n) is 12.7. The van der Waals surface area contributed by atoms with Crippen LogP contribution in [0.25, 0.3) is 0 Å². The highest BCUT2D eigenvalue weighted by Crippen LogP contribution is 2.12. The lowest BCUT2D eigenvalue weighted by molar-refractivity contribution is 0.212. The number of carbonyl (C=O) groups is 1. The van der Waals surface area contributed by atoms with Crippen LogP contribution in [0.1, 0.15) is 25.0 Å². The molecule has 21 heavy (non-hydrogen) atoms. The van der Waals surface area contributed by atoms with E-state index in [1.807, 2.05) is 61.5 Å². The second kappa shape index (κ2) is 7.48. The Labute approximate surface area is 126 Å². The van der Waals surface area contributed by atoms with Gasteiger partial charge in [-0.05, 0) is 36.6 Å². The smallest absolute Gasteiger partial charge is 0.320 e. The molecule has 0 saturated carbocycles. The lowest BCUT2D eigenvalue weighted by atomic mass is 10.1. The first kappa shape index (κ1) is 15.1. The van der Waals surface area contributed by atoms with Crippen molar-refractivity contribution in [3.8, 4) is 0 Å². The molecule has 0 bridgehead atoms. The van der Waals surface area contributed by atoms with E-state index >= 15 is 0 Å². The summed E-state index contributed by atoms with van der Waals surface area (Å²) in [4.78, 5) is 14.1. The van der Waals surface area contributed by atoms with Crippen LogP contribution in [0.4, 0.5) is 10.5 Å². The van der Waals surface area contributed by atoms with Crippen LogP contribution in [0.3, 0.4) is 0 Å². The molecule has 3 nitrogen and oxygen atoms in total. The molecule has 0 unspecified atom stereocenters. The number of rotatable bonds is 5. The first-order chi connectivity index (χ1) is 10.2. The predicted octanol–water partition coefficient (Wildman–Crippen LogP) is 4.30. The zero-order chi connectivity index (χ0) is 15.1. The minimum atomic E-state index is -0.0643. The van der Waals surface area contributed by atoms with Crippen LogP contribution >= 0.6 is 0 Å². The minimum absolute atomic E-state index is 0.0643. The number of carbonyl (C=O) groups excluding carboxylic acids is 1. The fourth-order valence-electron chi connectivity index (χ4n) is 2.16. The molecular formula is C18H22N2O. The second-order valence-electron chi connectivity index (χ2n) is 4.98. The van der Waals surface area contributed by atoms with E-state index in [0.29, 0.717) is 13.1 Å². The lowest BCUT2D eigenvalue weighted by Gasteiger charge is -2.21. The Kier molecular flexibility index (Phi) is 5.38. The maximum Gasteiger partial charge on any atom is 0.322 e. The summed E-state index contributed by atoms with van der Waals surface area (Å²) in [5.74, 6) is 0. The molecule has 0 fully saturated rings. The van der Waals surface area contributed by atoms with Gasteiger partial charge in [-0.1, -0.05) is 49.4 Å². The number of aryl methyl sites for hydroxylation is 1. The molecule has 0 heterocycles. The Morgan fingerprint density at radius 3 is 2.19 bits per heavy atom. The number of nitrogens with one attached hydrogen (secondary N) is 1. The molecule has 110 valence electrons. The highest BCUT2D eigenvalue weighted by molar-refractivity contribution is 5.89. The molecule has 0 saturated heterocycles. The number of hydrogen-bond donors (Lipinski definition) is 1. The zero-order valence-corrected chi connectivity index (χ0v) is 12.7. The van der Waals surface area contributed by atoms with Gasteiger partial charge in [0.25, 0.3) is 0 Å². The van der Waals surface area contributed by atoms with Crippen molar-refractivity contribution < 1.29 is 4.79 Å². The van der Waals surface area contributed by atoms with E-state index < -0.39 is 0 Å². The van der Waals surface area contributed by atoms with Gasteiger partial charge in [-0.2, -0.15) is 0 Å². The standard InChI is InChI=1S/C18H22N2O/c1-3-15-10-12-17(13-11-15)19-18(21)20(4-2)14-16-8-6-5-7-9-16/h5-13H,3-4,14H2,1-2H3,(H,19,21). The van der Waals surface area contributed by atoms with Gasteiger partial charge >= 0.3 is 6.03 Å². The average Bonchev–Trinajstić information content (AvgIpc) is 2.54. The number of amides is 2. The first-order valence-electron chi connectivity index (χ1n) is 7.41. The van der Waals surface area contributed by atoms with Crippen molar-refractivity contribution in [2.24, 2.45) is 0 Å². The monoisotopic (exact) mass is 282 g/mol. The van der Waals surface area contributed by atoms with Gasteiger partial charge in [0.1, 0.15) is 0 Å². The first-order valence-corrected chi connectivity index (χ1v) is 7.41. The minimum Gasteiger partial charge on any atom is -0.320 e. The van der Waals surface area contributed by atoms with Crippen molar-refractivity contribution in [3.63, 3.8) is 0 Å². The van der Waals surface area contributed by atoms with Gasteiger partial charge in [-0.15, -0.1) is 0 Å². The molecule has 3 heteroatoms. The molecule has 0 radical (unpaired) electrons. The third-order valence-corrected chi connectivity index (χ3v) is 3.50. The molecule has 0 aromatic heterocycles. The molecule has 0 aliphatic carbocycles. The van der Waals surface area contributed by atoms with Crippen molar-refractivity contribution >= 4 is 11.7 Å². The topological polar surface area (TPSA) is 32.3 Å². The average molecular weight is 282 g/mol. The van der Waals surface area contributed by atoms with Crippen LogP contribution in [-0.2, 0) is 13.0 Å². The Bertz CT molecular complexity index is 564. The molecule has 2 aromatic rings. The fraction of sp³-hybridized carbons (Fsp3) is 0.278. The van der Waals surface area contributed by atoms with Crippen molar-refractivity contribution in [1.82, 2.24) is 4.90 Å². The molecular weight excluding hydrogens is 260 g/mol. The van der Waals surface area contributed by atoms with Gasteiger partial charge < -0.3 is 10.2 Å². The van der Waals surface area contributed by atoms with E-state index in [2.05, 4.69) is 12.2 Å². The third-order valence-electron chi connectivity index (χ3n) is 3.50. The van der Waals surface area contributed by atoms with E-state index in [0.717, 1.165) is 17.7 Å². The van der Waals surface area contributed by atoms with Gasteiger partial charge in [0.05, 0.1) is 0 Å². The molecule has 0 spiro atoms. The fourth-order valence-corrected chi connectivity index (χ4v) is 2.16. The van der Waals surface area contributed by atoms with E-state index in [1.54, 1.807) is 4.90 Å².